The Labute approximate surface area is 130 Å². The lowest BCUT2D eigenvalue weighted by Gasteiger charge is -1.94. The third-order valence-corrected chi connectivity index (χ3v) is 3.94. The van der Waals surface area contributed by atoms with Crippen molar-refractivity contribution in [1.82, 2.24) is 15.1 Å². The van der Waals surface area contributed by atoms with Crippen molar-refractivity contribution in [3.63, 3.8) is 0 Å². The van der Waals surface area contributed by atoms with Crippen molar-refractivity contribution >= 4 is 28.1 Å². The molecule has 2 aromatic heterocycles. The van der Waals surface area contributed by atoms with Crippen molar-refractivity contribution in [3.05, 3.63) is 46.3 Å². The molecule has 0 aliphatic heterocycles. The van der Waals surface area contributed by atoms with E-state index in [2.05, 4.69) is 15.1 Å². The maximum absolute atomic E-state index is 5.85. The van der Waals surface area contributed by atoms with Gasteiger partial charge in [0.1, 0.15) is 0 Å². The van der Waals surface area contributed by atoms with Crippen LogP contribution in [0.25, 0.3) is 11.4 Å². The number of hydrogen-bond acceptors (Lipinski definition) is 6. The van der Waals surface area contributed by atoms with Crippen molar-refractivity contribution in [2.24, 2.45) is 0 Å². The molecule has 2 N–H and O–H groups in total. The minimum atomic E-state index is 0.583. The zero-order valence-corrected chi connectivity index (χ0v) is 12.7. The zero-order valence-electron chi connectivity index (χ0n) is 11.1. The van der Waals surface area contributed by atoms with Gasteiger partial charge >= 0.3 is 0 Å². The average molecular weight is 321 g/mol. The molecule has 0 aliphatic carbocycles. The third-order valence-electron chi connectivity index (χ3n) is 2.96. The predicted molar refractivity (Wildman–Crippen MR) is 83.3 cm³/mol. The first kappa shape index (κ1) is 14.0. The van der Waals surface area contributed by atoms with Crippen LogP contribution in [0.3, 0.4) is 0 Å². The van der Waals surface area contributed by atoms with E-state index >= 15 is 0 Å². The van der Waals surface area contributed by atoms with Crippen molar-refractivity contribution in [2.45, 2.75) is 19.3 Å². The fraction of sp³-hybridized carbons (Fsp3) is 0.214. The summed E-state index contributed by atoms with van der Waals surface area (Å²) in [6.07, 6.45) is 2.47. The molecule has 0 unspecified atom stereocenters. The molecular weight excluding hydrogens is 308 g/mol. The molecule has 2 heterocycles. The second kappa shape index (κ2) is 6.24. The molecule has 0 radical (unpaired) electrons. The standard InChI is InChI=1S/C14H13ClN4OS/c15-10-6-4-9(5-7-10)13-18-12(20-19-13)3-1-2-11-8-21-14(16)17-11/h4-8H,1-3H2,(H2,16,17). The van der Waals surface area contributed by atoms with Gasteiger partial charge in [0, 0.05) is 22.4 Å². The van der Waals surface area contributed by atoms with Gasteiger partial charge in [-0.15, -0.1) is 11.3 Å². The van der Waals surface area contributed by atoms with E-state index in [1.807, 2.05) is 17.5 Å². The molecule has 21 heavy (non-hydrogen) atoms. The van der Waals surface area contributed by atoms with E-state index in [1.165, 1.54) is 11.3 Å². The summed E-state index contributed by atoms with van der Waals surface area (Å²) in [7, 11) is 0. The summed E-state index contributed by atoms with van der Waals surface area (Å²) >= 11 is 7.31. The summed E-state index contributed by atoms with van der Waals surface area (Å²) < 4.78 is 5.26. The van der Waals surface area contributed by atoms with Crippen LogP contribution >= 0.6 is 22.9 Å². The molecule has 3 rings (SSSR count). The Morgan fingerprint density at radius 1 is 1.14 bits per heavy atom. The number of rotatable bonds is 5. The van der Waals surface area contributed by atoms with Crippen LogP contribution in [0.15, 0.2) is 34.2 Å². The Bertz CT molecular complexity index is 723. The molecule has 0 saturated carbocycles. The van der Waals surface area contributed by atoms with Crippen LogP contribution in [0.2, 0.25) is 5.02 Å². The molecule has 5 nitrogen and oxygen atoms in total. The van der Waals surface area contributed by atoms with Gasteiger partial charge in [0.05, 0.1) is 5.69 Å². The first-order valence-electron chi connectivity index (χ1n) is 6.49. The van der Waals surface area contributed by atoms with Crippen LogP contribution < -0.4 is 5.73 Å². The molecule has 0 saturated heterocycles. The van der Waals surface area contributed by atoms with Gasteiger partial charge < -0.3 is 10.3 Å². The fourth-order valence-corrected chi connectivity index (χ4v) is 2.65. The second-order valence-corrected chi connectivity index (χ2v) is 5.88. The van der Waals surface area contributed by atoms with Gasteiger partial charge in [-0.1, -0.05) is 16.8 Å². The Morgan fingerprint density at radius 3 is 2.67 bits per heavy atom. The highest BCUT2D eigenvalue weighted by atomic mass is 35.5. The molecule has 3 aromatic rings. The largest absolute Gasteiger partial charge is 0.375 e. The van der Waals surface area contributed by atoms with Crippen LogP contribution in [0.1, 0.15) is 18.0 Å². The van der Waals surface area contributed by atoms with Crippen LogP contribution in [0.5, 0.6) is 0 Å². The number of benzene rings is 1. The quantitative estimate of drug-likeness (QED) is 0.777. The number of nitrogens with two attached hydrogens (primary N) is 1. The number of hydrogen-bond donors (Lipinski definition) is 1. The van der Waals surface area contributed by atoms with Crippen LogP contribution in [-0.4, -0.2) is 15.1 Å². The number of nitrogen functional groups attached to an aromatic ring is 1. The lowest BCUT2D eigenvalue weighted by atomic mass is 10.2. The second-order valence-electron chi connectivity index (χ2n) is 4.55. The lowest BCUT2D eigenvalue weighted by molar-refractivity contribution is 0.376. The minimum Gasteiger partial charge on any atom is -0.375 e. The van der Waals surface area contributed by atoms with Crippen LogP contribution in [-0.2, 0) is 12.8 Å². The van der Waals surface area contributed by atoms with E-state index in [-0.39, 0.29) is 0 Å². The highest BCUT2D eigenvalue weighted by Gasteiger charge is 2.09. The van der Waals surface area contributed by atoms with Gasteiger partial charge in [-0.05, 0) is 37.1 Å². The first-order chi connectivity index (χ1) is 10.2. The van der Waals surface area contributed by atoms with Gasteiger partial charge in [0.25, 0.3) is 0 Å². The van der Waals surface area contributed by atoms with Crippen molar-refractivity contribution in [3.8, 4) is 11.4 Å². The molecule has 0 bridgehead atoms. The Balaban J connectivity index is 1.59. The molecule has 1 aromatic carbocycles. The SMILES string of the molecule is Nc1nc(CCCc2nc(-c3ccc(Cl)cc3)no2)cs1. The first-order valence-corrected chi connectivity index (χ1v) is 7.75. The van der Waals surface area contributed by atoms with E-state index in [4.69, 9.17) is 21.9 Å². The minimum absolute atomic E-state index is 0.583. The molecule has 0 spiro atoms. The number of anilines is 1. The van der Waals surface area contributed by atoms with Crippen molar-refractivity contribution in [2.75, 3.05) is 5.73 Å². The van der Waals surface area contributed by atoms with Gasteiger partial charge in [-0.3, -0.25) is 0 Å². The number of thiazole rings is 1. The molecule has 0 fully saturated rings. The van der Waals surface area contributed by atoms with E-state index < -0.39 is 0 Å². The summed E-state index contributed by atoms with van der Waals surface area (Å²) in [6, 6.07) is 7.35. The average Bonchev–Trinajstić information content (AvgIpc) is 3.09. The summed E-state index contributed by atoms with van der Waals surface area (Å²) in [6.45, 7) is 0. The Kier molecular flexibility index (Phi) is 4.17. The number of halogens is 1. The van der Waals surface area contributed by atoms with Gasteiger partial charge in [-0.2, -0.15) is 4.98 Å². The van der Waals surface area contributed by atoms with E-state index in [1.54, 1.807) is 12.1 Å². The predicted octanol–water partition coefficient (Wildman–Crippen LogP) is 3.60. The molecule has 7 heteroatoms. The van der Waals surface area contributed by atoms with Gasteiger partial charge in [0.2, 0.25) is 11.7 Å². The van der Waals surface area contributed by atoms with Crippen LogP contribution in [0, 0.1) is 0 Å². The van der Waals surface area contributed by atoms with E-state index in [9.17, 15) is 0 Å². The summed E-state index contributed by atoms with van der Waals surface area (Å²) in [5.41, 5.74) is 7.50. The molecular formula is C14H13ClN4OS. The fourth-order valence-electron chi connectivity index (χ4n) is 1.93. The Morgan fingerprint density at radius 2 is 1.95 bits per heavy atom. The van der Waals surface area contributed by atoms with Crippen LogP contribution in [0.4, 0.5) is 5.13 Å². The molecule has 0 atom stereocenters. The topological polar surface area (TPSA) is 77.8 Å². The monoisotopic (exact) mass is 320 g/mol. The molecule has 0 aliphatic rings. The highest BCUT2D eigenvalue weighted by molar-refractivity contribution is 7.13. The van der Waals surface area contributed by atoms with E-state index in [0.29, 0.717) is 21.9 Å². The maximum atomic E-state index is 5.85. The third kappa shape index (κ3) is 3.59. The van der Waals surface area contributed by atoms with Gasteiger partial charge in [-0.25, -0.2) is 4.98 Å². The lowest BCUT2D eigenvalue weighted by Crippen LogP contribution is -1.92. The summed E-state index contributed by atoms with van der Waals surface area (Å²) in [5, 5.41) is 7.25. The number of aromatic nitrogens is 3. The number of nitrogens with zero attached hydrogens (tertiary/aromatic N) is 3. The summed E-state index contributed by atoms with van der Waals surface area (Å²) in [4.78, 5) is 8.60. The smallest absolute Gasteiger partial charge is 0.226 e. The normalized spacial score (nSPS) is 10.9. The number of aryl methyl sites for hydroxylation is 2. The van der Waals surface area contributed by atoms with Crippen molar-refractivity contribution in [1.29, 1.82) is 0 Å². The Hall–Kier alpha value is -1.92. The zero-order chi connectivity index (χ0) is 14.7. The molecule has 0 amide bonds. The molecule has 108 valence electrons. The summed E-state index contributed by atoms with van der Waals surface area (Å²) in [5.74, 6) is 1.21. The highest BCUT2D eigenvalue weighted by Crippen LogP contribution is 2.19. The van der Waals surface area contributed by atoms with Crippen molar-refractivity contribution < 1.29 is 4.52 Å². The van der Waals surface area contributed by atoms with Gasteiger partial charge in [0.15, 0.2) is 5.13 Å². The maximum Gasteiger partial charge on any atom is 0.226 e. The van der Waals surface area contributed by atoms with E-state index in [0.717, 1.165) is 30.5 Å².